The number of ether oxygens (including phenoxy) is 2. The van der Waals surface area contributed by atoms with Gasteiger partial charge in [0.1, 0.15) is 5.75 Å². The van der Waals surface area contributed by atoms with Crippen molar-refractivity contribution in [2.75, 3.05) is 18.6 Å². The number of nitrogens with one attached hydrogen (secondary N) is 1. The van der Waals surface area contributed by atoms with Gasteiger partial charge in [-0.25, -0.2) is 4.98 Å². The second-order valence-electron chi connectivity index (χ2n) is 6.97. The van der Waals surface area contributed by atoms with Gasteiger partial charge >= 0.3 is 0 Å². The average molecular weight is 383 g/mol. The second-order valence-corrected chi connectivity index (χ2v) is 6.97. The van der Waals surface area contributed by atoms with Gasteiger partial charge in [0.2, 0.25) is 17.7 Å². The monoisotopic (exact) mass is 383 g/mol. The molecule has 28 heavy (non-hydrogen) atoms. The van der Waals surface area contributed by atoms with Crippen molar-refractivity contribution in [2.24, 2.45) is 5.92 Å². The highest BCUT2D eigenvalue weighted by atomic mass is 16.5. The lowest BCUT2D eigenvalue weighted by Gasteiger charge is -2.19. The summed E-state index contributed by atoms with van der Waals surface area (Å²) in [6.45, 7) is 4.57. The summed E-state index contributed by atoms with van der Waals surface area (Å²) in [6, 6.07) is 11.0. The lowest BCUT2D eigenvalue weighted by Crippen LogP contribution is -2.32. The molecule has 1 fully saturated rings. The van der Waals surface area contributed by atoms with E-state index in [4.69, 9.17) is 9.47 Å². The van der Waals surface area contributed by atoms with Crippen LogP contribution < -0.4 is 19.7 Å². The third-order valence-corrected chi connectivity index (χ3v) is 4.49. The molecule has 1 saturated heterocycles. The van der Waals surface area contributed by atoms with Crippen LogP contribution in [0.1, 0.15) is 25.8 Å². The van der Waals surface area contributed by atoms with Crippen molar-refractivity contribution >= 4 is 17.5 Å². The zero-order chi connectivity index (χ0) is 20.1. The SMILES string of the molecule is COc1ccccc1N1CC(C(=O)NCc2ccc(OC(C)C)nc2)CC1=O. The van der Waals surface area contributed by atoms with Crippen molar-refractivity contribution in [1.82, 2.24) is 10.3 Å². The van der Waals surface area contributed by atoms with Gasteiger partial charge in [-0.2, -0.15) is 0 Å². The number of benzene rings is 1. The van der Waals surface area contributed by atoms with E-state index in [0.29, 0.717) is 30.4 Å². The first-order chi connectivity index (χ1) is 13.5. The van der Waals surface area contributed by atoms with Crippen LogP contribution >= 0.6 is 0 Å². The van der Waals surface area contributed by atoms with Crippen LogP contribution in [-0.2, 0) is 16.1 Å². The first-order valence-electron chi connectivity index (χ1n) is 9.30. The lowest BCUT2D eigenvalue weighted by molar-refractivity contribution is -0.126. The van der Waals surface area contributed by atoms with E-state index < -0.39 is 5.92 Å². The van der Waals surface area contributed by atoms with Crippen molar-refractivity contribution in [3.63, 3.8) is 0 Å². The van der Waals surface area contributed by atoms with Crippen LogP contribution in [0.5, 0.6) is 11.6 Å². The number of anilines is 1. The predicted molar refractivity (Wildman–Crippen MR) is 105 cm³/mol. The Hall–Kier alpha value is -3.09. The molecule has 1 unspecified atom stereocenters. The Kier molecular flexibility index (Phi) is 6.13. The first kappa shape index (κ1) is 19.7. The molecule has 0 saturated carbocycles. The van der Waals surface area contributed by atoms with Crippen LogP contribution in [0.25, 0.3) is 0 Å². The number of para-hydroxylation sites is 2. The number of hydrogen-bond acceptors (Lipinski definition) is 5. The summed E-state index contributed by atoms with van der Waals surface area (Å²) in [5.41, 5.74) is 1.56. The summed E-state index contributed by atoms with van der Waals surface area (Å²) in [6.07, 6.45) is 1.92. The van der Waals surface area contributed by atoms with Crippen LogP contribution in [0.3, 0.4) is 0 Å². The largest absolute Gasteiger partial charge is 0.495 e. The van der Waals surface area contributed by atoms with Crippen molar-refractivity contribution < 1.29 is 19.1 Å². The number of carbonyl (C=O) groups is 2. The number of amides is 2. The smallest absolute Gasteiger partial charge is 0.227 e. The minimum Gasteiger partial charge on any atom is -0.495 e. The molecule has 7 nitrogen and oxygen atoms in total. The molecule has 7 heteroatoms. The number of nitrogens with zero attached hydrogens (tertiary/aromatic N) is 2. The van der Waals surface area contributed by atoms with Crippen LogP contribution in [-0.4, -0.2) is 36.6 Å². The Morgan fingerprint density at radius 1 is 1.29 bits per heavy atom. The van der Waals surface area contributed by atoms with Crippen molar-refractivity contribution in [2.45, 2.75) is 32.9 Å². The van der Waals surface area contributed by atoms with Gasteiger partial charge in [0.05, 0.1) is 24.8 Å². The van der Waals surface area contributed by atoms with Gasteiger partial charge in [0.25, 0.3) is 0 Å². The van der Waals surface area contributed by atoms with Gasteiger partial charge in [-0.15, -0.1) is 0 Å². The summed E-state index contributed by atoms with van der Waals surface area (Å²) in [5.74, 6) is 0.550. The highest BCUT2D eigenvalue weighted by Gasteiger charge is 2.36. The first-order valence-corrected chi connectivity index (χ1v) is 9.30. The minimum absolute atomic E-state index is 0.0594. The second kappa shape index (κ2) is 8.73. The molecule has 3 rings (SSSR count). The predicted octanol–water partition coefficient (Wildman–Crippen LogP) is 2.55. The van der Waals surface area contributed by atoms with E-state index >= 15 is 0 Å². The minimum atomic E-state index is -0.395. The number of carbonyl (C=O) groups excluding carboxylic acids is 2. The molecule has 2 aromatic rings. The van der Waals surface area contributed by atoms with Crippen LogP contribution in [0, 0.1) is 5.92 Å². The maximum atomic E-state index is 12.5. The number of pyridine rings is 1. The fourth-order valence-electron chi connectivity index (χ4n) is 3.13. The molecular weight excluding hydrogens is 358 g/mol. The summed E-state index contributed by atoms with van der Waals surface area (Å²) < 4.78 is 10.8. The third-order valence-electron chi connectivity index (χ3n) is 4.49. The van der Waals surface area contributed by atoms with Crippen LogP contribution in [0.2, 0.25) is 0 Å². The fraction of sp³-hybridized carbons (Fsp3) is 0.381. The standard InChI is InChI=1S/C21H25N3O4/c1-14(2)28-19-9-8-15(11-22-19)12-23-21(26)16-10-20(25)24(13-16)17-6-4-5-7-18(17)27-3/h4-9,11,14,16H,10,12-13H2,1-3H3,(H,23,26). The van der Waals surface area contributed by atoms with Crippen LogP contribution in [0.4, 0.5) is 5.69 Å². The molecule has 148 valence electrons. The molecule has 1 atom stereocenters. The summed E-state index contributed by atoms with van der Waals surface area (Å²) in [4.78, 5) is 30.8. The number of hydrogen-bond donors (Lipinski definition) is 1. The maximum Gasteiger partial charge on any atom is 0.227 e. The van der Waals surface area contributed by atoms with E-state index in [1.165, 1.54) is 0 Å². The summed E-state index contributed by atoms with van der Waals surface area (Å²) in [7, 11) is 1.56. The fourth-order valence-corrected chi connectivity index (χ4v) is 3.13. The number of rotatable bonds is 7. The van der Waals surface area contributed by atoms with Gasteiger partial charge in [-0.3, -0.25) is 9.59 Å². The zero-order valence-corrected chi connectivity index (χ0v) is 16.3. The highest BCUT2D eigenvalue weighted by Crippen LogP contribution is 2.32. The normalized spacial score (nSPS) is 16.4. The molecule has 0 bridgehead atoms. The Balaban J connectivity index is 1.57. The van der Waals surface area contributed by atoms with Gasteiger partial charge in [-0.1, -0.05) is 18.2 Å². The van der Waals surface area contributed by atoms with E-state index in [9.17, 15) is 9.59 Å². The molecule has 1 aromatic carbocycles. The molecule has 1 aliphatic rings. The van der Waals surface area contributed by atoms with E-state index in [1.807, 2.05) is 38.1 Å². The average Bonchev–Trinajstić information content (AvgIpc) is 3.08. The Bertz CT molecular complexity index is 836. The third kappa shape index (κ3) is 4.60. The molecule has 1 N–H and O–H groups in total. The van der Waals surface area contributed by atoms with Crippen molar-refractivity contribution in [3.8, 4) is 11.6 Å². The molecule has 0 spiro atoms. The molecular formula is C21H25N3O4. The molecule has 2 amide bonds. The van der Waals surface area contributed by atoms with Gasteiger partial charge in [-0.05, 0) is 31.5 Å². The molecule has 1 aliphatic heterocycles. The Morgan fingerprint density at radius 2 is 2.07 bits per heavy atom. The van der Waals surface area contributed by atoms with Crippen molar-refractivity contribution in [3.05, 3.63) is 48.2 Å². The molecule has 2 heterocycles. The van der Waals surface area contributed by atoms with E-state index in [2.05, 4.69) is 10.3 Å². The topological polar surface area (TPSA) is 80.8 Å². The summed E-state index contributed by atoms with van der Waals surface area (Å²) in [5, 5.41) is 2.89. The van der Waals surface area contributed by atoms with Crippen molar-refractivity contribution in [1.29, 1.82) is 0 Å². The molecule has 0 radical (unpaired) electrons. The van der Waals surface area contributed by atoms with E-state index in [0.717, 1.165) is 5.56 Å². The lowest BCUT2D eigenvalue weighted by atomic mass is 10.1. The zero-order valence-electron chi connectivity index (χ0n) is 16.3. The maximum absolute atomic E-state index is 12.5. The van der Waals surface area contributed by atoms with Gasteiger partial charge in [0, 0.05) is 31.8 Å². The van der Waals surface area contributed by atoms with Crippen LogP contribution in [0.15, 0.2) is 42.6 Å². The van der Waals surface area contributed by atoms with E-state index in [1.54, 1.807) is 30.3 Å². The quantitative estimate of drug-likeness (QED) is 0.795. The Labute approximate surface area is 164 Å². The van der Waals surface area contributed by atoms with Gasteiger partial charge < -0.3 is 19.7 Å². The number of aromatic nitrogens is 1. The Morgan fingerprint density at radius 3 is 2.75 bits per heavy atom. The summed E-state index contributed by atoms with van der Waals surface area (Å²) >= 11 is 0. The highest BCUT2D eigenvalue weighted by molar-refractivity contribution is 6.01. The molecule has 0 aliphatic carbocycles. The van der Waals surface area contributed by atoms with Gasteiger partial charge in [0.15, 0.2) is 0 Å². The van der Waals surface area contributed by atoms with E-state index in [-0.39, 0.29) is 24.3 Å². The molecule has 1 aromatic heterocycles. The number of methoxy groups -OCH3 is 1.